The predicted octanol–water partition coefficient (Wildman–Crippen LogP) is 4.35. The Labute approximate surface area is 148 Å². The lowest BCUT2D eigenvalue weighted by atomic mass is 9.95. The van der Waals surface area contributed by atoms with Crippen molar-refractivity contribution in [2.24, 2.45) is 0 Å². The molecule has 1 aromatic heterocycles. The first-order chi connectivity index (χ1) is 12.0. The topological polar surface area (TPSA) is 61.6 Å². The number of hydrogen-bond donors (Lipinski definition) is 0. The molecule has 0 bridgehead atoms. The molecule has 0 radical (unpaired) electrons. The Bertz CT molecular complexity index is 737. The molecular weight excluding hydrogens is 318 g/mol. The number of esters is 1. The average Bonchev–Trinajstić information content (AvgIpc) is 2.94. The largest absolute Gasteiger partial charge is 0.462 e. The highest BCUT2D eigenvalue weighted by Gasteiger charge is 2.25. The number of aryl methyl sites for hydroxylation is 2. The third-order valence-corrected chi connectivity index (χ3v) is 4.52. The third kappa shape index (κ3) is 4.69. The molecule has 1 saturated carbocycles. The van der Waals surface area contributed by atoms with Crippen molar-refractivity contribution in [1.82, 2.24) is 4.98 Å². The Kier molecular flexibility index (Phi) is 5.53. The van der Waals surface area contributed by atoms with Gasteiger partial charge in [-0.25, -0.2) is 4.98 Å². The van der Waals surface area contributed by atoms with Gasteiger partial charge in [0.25, 0.3) is 0 Å². The fourth-order valence-electron chi connectivity index (χ4n) is 3.26. The van der Waals surface area contributed by atoms with Gasteiger partial charge < -0.3 is 13.9 Å². The van der Waals surface area contributed by atoms with Crippen molar-refractivity contribution in [3.63, 3.8) is 0 Å². The normalized spacial score (nSPS) is 20.4. The highest BCUT2D eigenvalue weighted by molar-refractivity contribution is 5.66. The fourth-order valence-corrected chi connectivity index (χ4v) is 3.26. The molecule has 3 rings (SSSR count). The SMILES string of the molecule is CC(=O)O[C@@H]1CCC[C@H](OCc2nc(-c3cccc(C)c3)oc2C)C1. The van der Waals surface area contributed by atoms with Crippen LogP contribution in [0.15, 0.2) is 28.7 Å². The lowest BCUT2D eigenvalue weighted by Crippen LogP contribution is -2.29. The van der Waals surface area contributed by atoms with Gasteiger partial charge in [-0.1, -0.05) is 17.7 Å². The van der Waals surface area contributed by atoms with E-state index in [1.54, 1.807) is 0 Å². The second-order valence-electron chi connectivity index (χ2n) is 6.72. The molecule has 5 nitrogen and oxygen atoms in total. The summed E-state index contributed by atoms with van der Waals surface area (Å²) in [6.45, 7) is 5.83. The van der Waals surface area contributed by atoms with Crippen molar-refractivity contribution in [2.75, 3.05) is 0 Å². The number of rotatable bonds is 5. The first-order valence-electron chi connectivity index (χ1n) is 8.83. The van der Waals surface area contributed by atoms with Crippen molar-refractivity contribution in [3.05, 3.63) is 41.3 Å². The number of carbonyl (C=O) groups is 1. The number of aromatic nitrogens is 1. The summed E-state index contributed by atoms with van der Waals surface area (Å²) in [6, 6.07) is 8.10. The van der Waals surface area contributed by atoms with Crippen LogP contribution < -0.4 is 0 Å². The van der Waals surface area contributed by atoms with Gasteiger partial charge in [-0.05, 0) is 45.2 Å². The second kappa shape index (κ2) is 7.83. The van der Waals surface area contributed by atoms with Gasteiger partial charge >= 0.3 is 5.97 Å². The first kappa shape index (κ1) is 17.7. The number of carbonyl (C=O) groups excluding carboxylic acids is 1. The number of hydrogen-bond acceptors (Lipinski definition) is 5. The van der Waals surface area contributed by atoms with Crippen LogP contribution in [0, 0.1) is 13.8 Å². The van der Waals surface area contributed by atoms with Crippen LogP contribution in [0.2, 0.25) is 0 Å². The minimum absolute atomic E-state index is 0.0301. The first-order valence-corrected chi connectivity index (χ1v) is 8.83. The third-order valence-electron chi connectivity index (χ3n) is 4.52. The summed E-state index contributed by atoms with van der Waals surface area (Å²) in [6.07, 6.45) is 3.73. The summed E-state index contributed by atoms with van der Waals surface area (Å²) < 4.78 is 17.1. The van der Waals surface area contributed by atoms with Crippen LogP contribution in [0.1, 0.15) is 49.6 Å². The second-order valence-corrected chi connectivity index (χ2v) is 6.72. The molecule has 134 valence electrons. The molecule has 1 heterocycles. The summed E-state index contributed by atoms with van der Waals surface area (Å²) in [5.41, 5.74) is 2.97. The molecule has 2 atom stereocenters. The molecule has 2 aromatic rings. The molecule has 0 aliphatic heterocycles. The molecule has 1 fully saturated rings. The predicted molar refractivity (Wildman–Crippen MR) is 94.0 cm³/mol. The summed E-state index contributed by atoms with van der Waals surface area (Å²) in [5.74, 6) is 1.19. The highest BCUT2D eigenvalue weighted by atomic mass is 16.5. The fraction of sp³-hybridized carbons (Fsp3) is 0.500. The quantitative estimate of drug-likeness (QED) is 0.755. The molecular formula is C20H25NO4. The molecule has 0 saturated heterocycles. The molecule has 25 heavy (non-hydrogen) atoms. The zero-order valence-corrected chi connectivity index (χ0v) is 15.1. The van der Waals surface area contributed by atoms with Crippen LogP contribution in [0.25, 0.3) is 11.5 Å². The Morgan fingerprint density at radius 2 is 2.08 bits per heavy atom. The number of oxazole rings is 1. The molecule has 0 amide bonds. The van der Waals surface area contributed by atoms with Gasteiger partial charge in [-0.15, -0.1) is 0 Å². The van der Waals surface area contributed by atoms with Crippen molar-refractivity contribution in [1.29, 1.82) is 0 Å². The highest BCUT2D eigenvalue weighted by Crippen LogP contribution is 2.26. The summed E-state index contributed by atoms with van der Waals surface area (Å²) in [5, 5.41) is 0. The molecule has 1 aromatic carbocycles. The van der Waals surface area contributed by atoms with E-state index in [1.165, 1.54) is 12.5 Å². The van der Waals surface area contributed by atoms with Crippen LogP contribution in [-0.4, -0.2) is 23.2 Å². The van der Waals surface area contributed by atoms with Gasteiger partial charge in [-0.2, -0.15) is 0 Å². The van der Waals surface area contributed by atoms with Crippen molar-refractivity contribution in [3.8, 4) is 11.5 Å². The number of ether oxygens (including phenoxy) is 2. The van der Waals surface area contributed by atoms with E-state index < -0.39 is 0 Å². The summed E-state index contributed by atoms with van der Waals surface area (Å²) in [4.78, 5) is 15.7. The van der Waals surface area contributed by atoms with Crippen LogP contribution in [-0.2, 0) is 20.9 Å². The Morgan fingerprint density at radius 3 is 2.84 bits per heavy atom. The van der Waals surface area contributed by atoms with Crippen LogP contribution >= 0.6 is 0 Å². The maximum Gasteiger partial charge on any atom is 0.302 e. The van der Waals surface area contributed by atoms with Crippen LogP contribution in [0.4, 0.5) is 0 Å². The molecule has 1 aliphatic carbocycles. The van der Waals surface area contributed by atoms with Gasteiger partial charge in [-0.3, -0.25) is 4.79 Å². The van der Waals surface area contributed by atoms with Crippen molar-refractivity contribution in [2.45, 2.75) is 65.3 Å². The van der Waals surface area contributed by atoms with E-state index >= 15 is 0 Å². The maximum atomic E-state index is 11.1. The van der Waals surface area contributed by atoms with Crippen molar-refractivity contribution >= 4 is 5.97 Å². The zero-order valence-electron chi connectivity index (χ0n) is 15.1. The smallest absolute Gasteiger partial charge is 0.302 e. The lowest BCUT2D eigenvalue weighted by molar-refractivity contribution is -0.150. The molecule has 1 aliphatic rings. The van der Waals surface area contributed by atoms with E-state index in [0.717, 1.165) is 42.7 Å². The van der Waals surface area contributed by atoms with E-state index in [4.69, 9.17) is 13.9 Å². The van der Waals surface area contributed by atoms with Gasteiger partial charge in [0, 0.05) is 18.9 Å². The van der Waals surface area contributed by atoms with Crippen LogP contribution in [0.5, 0.6) is 0 Å². The summed E-state index contributed by atoms with van der Waals surface area (Å²) in [7, 11) is 0. The van der Waals surface area contributed by atoms with E-state index in [1.807, 2.05) is 32.0 Å². The number of benzene rings is 1. The molecule has 0 unspecified atom stereocenters. The average molecular weight is 343 g/mol. The zero-order chi connectivity index (χ0) is 17.8. The monoisotopic (exact) mass is 343 g/mol. The minimum atomic E-state index is -0.221. The van der Waals surface area contributed by atoms with E-state index in [-0.39, 0.29) is 18.2 Å². The van der Waals surface area contributed by atoms with Crippen molar-refractivity contribution < 1.29 is 18.7 Å². The Balaban J connectivity index is 1.61. The molecule has 0 N–H and O–H groups in total. The van der Waals surface area contributed by atoms with Gasteiger partial charge in [0.2, 0.25) is 5.89 Å². The standard InChI is InChI=1S/C20H25NO4/c1-13-6-4-7-16(10-13)20-21-19(14(2)24-20)12-23-17-8-5-9-18(11-17)25-15(3)22/h4,6-7,10,17-18H,5,8-9,11-12H2,1-3H3/t17-,18+/m0/s1. The summed E-state index contributed by atoms with van der Waals surface area (Å²) >= 11 is 0. The Morgan fingerprint density at radius 1 is 1.28 bits per heavy atom. The van der Waals surface area contributed by atoms with E-state index in [0.29, 0.717) is 12.5 Å². The minimum Gasteiger partial charge on any atom is -0.462 e. The van der Waals surface area contributed by atoms with E-state index in [9.17, 15) is 4.79 Å². The molecule has 0 spiro atoms. The van der Waals surface area contributed by atoms with E-state index in [2.05, 4.69) is 11.1 Å². The van der Waals surface area contributed by atoms with Gasteiger partial charge in [0.1, 0.15) is 17.6 Å². The Hall–Kier alpha value is -2.14. The number of nitrogens with zero attached hydrogens (tertiary/aromatic N) is 1. The van der Waals surface area contributed by atoms with Gasteiger partial charge in [0.15, 0.2) is 0 Å². The maximum absolute atomic E-state index is 11.1. The molecule has 5 heteroatoms. The van der Waals surface area contributed by atoms with Gasteiger partial charge in [0.05, 0.1) is 12.7 Å². The van der Waals surface area contributed by atoms with Crippen LogP contribution in [0.3, 0.4) is 0 Å². The lowest BCUT2D eigenvalue weighted by Gasteiger charge is -2.28.